The molecule has 0 amide bonds. The van der Waals surface area contributed by atoms with E-state index in [9.17, 15) is 0 Å². The third-order valence-electron chi connectivity index (χ3n) is 2.06. The van der Waals surface area contributed by atoms with Gasteiger partial charge in [0.25, 0.3) is 0 Å². The maximum Gasteiger partial charge on any atom is 0.114 e. The second kappa shape index (κ2) is 2.53. The van der Waals surface area contributed by atoms with Gasteiger partial charge in [0.1, 0.15) is 6.67 Å². The summed E-state index contributed by atoms with van der Waals surface area (Å²) in [5.41, 5.74) is 2.67. The maximum absolute atomic E-state index is 4.19. The van der Waals surface area contributed by atoms with Gasteiger partial charge in [0.15, 0.2) is 0 Å². The number of aromatic nitrogens is 1. The molecule has 0 atom stereocenters. The topological polar surface area (TPSA) is 17.3 Å². The van der Waals surface area contributed by atoms with Crippen LogP contribution in [0.4, 0.5) is 0 Å². The molecule has 0 bridgehead atoms. The van der Waals surface area contributed by atoms with E-state index in [0.29, 0.717) is 0 Å². The van der Waals surface area contributed by atoms with Gasteiger partial charge in [-0.3, -0.25) is 4.99 Å². The Balaban J connectivity index is 2.31. The fourth-order valence-corrected chi connectivity index (χ4v) is 1.50. The lowest BCUT2D eigenvalue weighted by atomic mass is 10.2. The van der Waals surface area contributed by atoms with E-state index < -0.39 is 0 Å². The largest absolute Gasteiger partial charge is 0.324 e. The van der Waals surface area contributed by atoms with Gasteiger partial charge in [-0.15, -0.1) is 0 Å². The van der Waals surface area contributed by atoms with E-state index in [1.54, 1.807) is 0 Å². The van der Waals surface area contributed by atoms with Gasteiger partial charge in [0, 0.05) is 11.9 Å². The average Bonchev–Trinajstić information content (AvgIpc) is 2.53. The minimum Gasteiger partial charge on any atom is -0.324 e. The van der Waals surface area contributed by atoms with Gasteiger partial charge in [0.05, 0.1) is 5.69 Å². The van der Waals surface area contributed by atoms with Crippen LogP contribution in [-0.4, -0.2) is 10.8 Å². The van der Waals surface area contributed by atoms with Crippen molar-refractivity contribution in [1.29, 1.82) is 0 Å². The predicted octanol–water partition coefficient (Wildman–Crippen LogP) is 1.83. The molecule has 0 aromatic carbocycles. The van der Waals surface area contributed by atoms with Crippen LogP contribution in [0.15, 0.2) is 17.1 Å². The minimum absolute atomic E-state index is 0.831. The molecule has 11 heavy (non-hydrogen) atoms. The third kappa shape index (κ3) is 0.985. The maximum atomic E-state index is 4.19. The molecule has 1 aromatic rings. The summed E-state index contributed by atoms with van der Waals surface area (Å²) in [5, 5.41) is 0. The van der Waals surface area contributed by atoms with E-state index in [-0.39, 0.29) is 0 Å². The Morgan fingerprint density at radius 2 is 2.45 bits per heavy atom. The summed E-state index contributed by atoms with van der Waals surface area (Å²) in [5.74, 6) is 0. The van der Waals surface area contributed by atoms with E-state index in [1.165, 1.54) is 24.2 Å². The highest BCUT2D eigenvalue weighted by atomic mass is 15.1. The Hall–Kier alpha value is -1.05. The van der Waals surface area contributed by atoms with Gasteiger partial charge < -0.3 is 4.57 Å². The molecule has 0 saturated heterocycles. The van der Waals surface area contributed by atoms with Gasteiger partial charge in [-0.1, -0.05) is 13.3 Å². The number of aliphatic imine (C=N–C) groups is 1. The molecule has 0 radical (unpaired) electrons. The quantitative estimate of drug-likeness (QED) is 0.609. The molecule has 2 nitrogen and oxygen atoms in total. The van der Waals surface area contributed by atoms with Crippen molar-refractivity contribution in [3.63, 3.8) is 0 Å². The average molecular weight is 148 g/mol. The highest BCUT2D eigenvalue weighted by Gasteiger charge is 2.08. The molecule has 1 aliphatic rings. The van der Waals surface area contributed by atoms with E-state index >= 15 is 0 Å². The first kappa shape index (κ1) is 6.65. The lowest BCUT2D eigenvalue weighted by Gasteiger charge is -2.02. The Bertz CT molecular complexity index is 284. The number of aryl methyl sites for hydroxylation is 1. The number of hydrogen-bond acceptors (Lipinski definition) is 1. The summed E-state index contributed by atoms with van der Waals surface area (Å²) in [4.78, 5) is 4.19. The van der Waals surface area contributed by atoms with Crippen LogP contribution in [0.1, 0.15) is 24.7 Å². The molecule has 2 heterocycles. The predicted molar refractivity (Wildman–Crippen MR) is 46.0 cm³/mol. The van der Waals surface area contributed by atoms with Gasteiger partial charge in [0.2, 0.25) is 0 Å². The van der Waals surface area contributed by atoms with Crippen LogP contribution in [0.25, 0.3) is 0 Å². The molecular weight excluding hydrogens is 136 g/mol. The van der Waals surface area contributed by atoms with Crippen molar-refractivity contribution >= 4 is 6.21 Å². The number of fused-ring (bicyclic) bond motifs is 1. The van der Waals surface area contributed by atoms with Crippen LogP contribution in [0, 0.1) is 0 Å². The fraction of sp³-hybridized carbons (Fsp3) is 0.444. The van der Waals surface area contributed by atoms with Crippen LogP contribution in [-0.2, 0) is 13.1 Å². The van der Waals surface area contributed by atoms with Crippen molar-refractivity contribution in [2.45, 2.75) is 26.4 Å². The van der Waals surface area contributed by atoms with E-state index in [0.717, 1.165) is 6.67 Å². The summed E-state index contributed by atoms with van der Waals surface area (Å²) < 4.78 is 2.27. The second-order valence-corrected chi connectivity index (χ2v) is 2.88. The van der Waals surface area contributed by atoms with Gasteiger partial charge >= 0.3 is 0 Å². The first-order valence-electron chi connectivity index (χ1n) is 4.10. The van der Waals surface area contributed by atoms with Crippen molar-refractivity contribution in [2.24, 2.45) is 4.99 Å². The Kier molecular flexibility index (Phi) is 1.53. The zero-order valence-electron chi connectivity index (χ0n) is 6.75. The Morgan fingerprint density at radius 3 is 3.27 bits per heavy atom. The summed E-state index contributed by atoms with van der Waals surface area (Å²) in [7, 11) is 0. The molecule has 1 aromatic heterocycles. The van der Waals surface area contributed by atoms with Crippen LogP contribution in [0.3, 0.4) is 0 Å². The molecule has 58 valence electrons. The molecular formula is C9H12N2. The van der Waals surface area contributed by atoms with Gasteiger partial charge in [-0.2, -0.15) is 0 Å². The number of rotatable bonds is 2. The zero-order chi connectivity index (χ0) is 7.68. The van der Waals surface area contributed by atoms with Gasteiger partial charge in [-0.25, -0.2) is 0 Å². The molecule has 1 aliphatic heterocycles. The summed E-state index contributed by atoms with van der Waals surface area (Å²) in [6, 6.07) is 4.34. The third-order valence-corrected chi connectivity index (χ3v) is 2.06. The van der Waals surface area contributed by atoms with Crippen molar-refractivity contribution in [2.75, 3.05) is 0 Å². The molecule has 2 heteroatoms. The molecule has 0 spiro atoms. The summed E-state index contributed by atoms with van der Waals surface area (Å²) in [6.07, 6.45) is 4.33. The Morgan fingerprint density at radius 1 is 1.55 bits per heavy atom. The standard InChI is InChI=1S/C9H12N2/c1-2-3-8-4-5-9-6-10-7-11(8)9/h4-6H,2-3,7H2,1H3. The SMILES string of the molecule is CCCc1ccc2n1CN=C2. The highest BCUT2D eigenvalue weighted by Crippen LogP contribution is 2.13. The summed E-state index contributed by atoms with van der Waals surface area (Å²) >= 11 is 0. The lowest BCUT2D eigenvalue weighted by molar-refractivity contribution is 0.701. The molecule has 0 fully saturated rings. The molecule has 0 aliphatic carbocycles. The zero-order valence-corrected chi connectivity index (χ0v) is 6.75. The first-order valence-corrected chi connectivity index (χ1v) is 4.10. The number of nitrogens with zero attached hydrogens (tertiary/aromatic N) is 2. The molecule has 2 rings (SSSR count). The van der Waals surface area contributed by atoms with Gasteiger partial charge in [-0.05, 0) is 18.6 Å². The van der Waals surface area contributed by atoms with Crippen LogP contribution in [0.2, 0.25) is 0 Å². The van der Waals surface area contributed by atoms with E-state index in [2.05, 4.69) is 28.6 Å². The normalized spacial score (nSPS) is 13.9. The highest BCUT2D eigenvalue weighted by molar-refractivity contribution is 5.79. The smallest absolute Gasteiger partial charge is 0.114 e. The van der Waals surface area contributed by atoms with Crippen molar-refractivity contribution < 1.29 is 0 Å². The van der Waals surface area contributed by atoms with Crippen LogP contribution < -0.4 is 0 Å². The van der Waals surface area contributed by atoms with E-state index in [1.807, 2.05) is 6.21 Å². The summed E-state index contributed by atoms with van der Waals surface area (Å²) in [6.45, 7) is 3.04. The van der Waals surface area contributed by atoms with Crippen LogP contribution >= 0.6 is 0 Å². The number of hydrogen-bond donors (Lipinski definition) is 0. The van der Waals surface area contributed by atoms with E-state index in [4.69, 9.17) is 0 Å². The fourth-order valence-electron chi connectivity index (χ4n) is 1.50. The molecule has 0 N–H and O–H groups in total. The van der Waals surface area contributed by atoms with Crippen LogP contribution in [0.5, 0.6) is 0 Å². The molecule has 0 unspecified atom stereocenters. The molecule has 0 saturated carbocycles. The Labute approximate surface area is 66.6 Å². The minimum atomic E-state index is 0.831. The second-order valence-electron chi connectivity index (χ2n) is 2.88. The van der Waals surface area contributed by atoms with Crippen molar-refractivity contribution in [3.8, 4) is 0 Å². The monoisotopic (exact) mass is 148 g/mol. The first-order chi connectivity index (χ1) is 5.42. The van der Waals surface area contributed by atoms with Crippen molar-refractivity contribution in [3.05, 3.63) is 23.5 Å². The lowest BCUT2D eigenvalue weighted by Crippen LogP contribution is -1.99. The van der Waals surface area contributed by atoms with Crippen molar-refractivity contribution in [1.82, 2.24) is 4.57 Å².